The zero-order chi connectivity index (χ0) is 24.7. The summed E-state index contributed by atoms with van der Waals surface area (Å²) in [6.45, 7) is 5.48. The number of carbonyl (C=O) groups is 2. The fourth-order valence-electron chi connectivity index (χ4n) is 3.92. The number of hydrogen-bond donors (Lipinski definition) is 1. The average molecular weight is 495 g/mol. The molecule has 1 fully saturated rings. The smallest absolute Gasteiger partial charge is 0.270 e. The lowest BCUT2D eigenvalue weighted by atomic mass is 10.1. The molecule has 0 saturated carbocycles. The summed E-state index contributed by atoms with van der Waals surface area (Å²) < 4.78 is 1.89. The fraction of sp³-hybridized carbons (Fsp3) is 0.125. The van der Waals surface area contributed by atoms with Crippen molar-refractivity contribution in [2.45, 2.75) is 20.8 Å². The Morgan fingerprint density at radius 1 is 1.09 bits per heavy atom. The van der Waals surface area contributed by atoms with E-state index in [1.807, 2.05) is 24.5 Å². The molecule has 0 spiro atoms. The number of halogens is 1. The standard InChI is InChI=1S/C24H19ClN4O4S/c1-13-11-16(15(3)27(13)17-7-9-18(10-8-17)29(32)33)12-19-22(30)26-24(34)28(23(19)31)21-6-4-5-20(25)14(21)2/h4-12H,1-3H3,(H,26,30,34)/b19-12-. The van der Waals surface area contributed by atoms with Gasteiger partial charge in [0.2, 0.25) is 0 Å². The molecule has 2 amide bonds. The summed E-state index contributed by atoms with van der Waals surface area (Å²) >= 11 is 11.5. The third-order valence-electron chi connectivity index (χ3n) is 5.67. The summed E-state index contributed by atoms with van der Waals surface area (Å²) in [4.78, 5) is 37.9. The van der Waals surface area contributed by atoms with Crippen molar-refractivity contribution in [3.05, 3.63) is 91.8 Å². The molecule has 0 unspecified atom stereocenters. The first-order valence-electron chi connectivity index (χ1n) is 10.2. The lowest BCUT2D eigenvalue weighted by molar-refractivity contribution is -0.384. The highest BCUT2D eigenvalue weighted by molar-refractivity contribution is 7.80. The number of rotatable bonds is 4. The van der Waals surface area contributed by atoms with E-state index in [-0.39, 0.29) is 16.4 Å². The van der Waals surface area contributed by atoms with E-state index in [2.05, 4.69) is 5.32 Å². The Morgan fingerprint density at radius 2 is 1.76 bits per heavy atom. The minimum Gasteiger partial charge on any atom is -0.318 e. The number of nitro benzene ring substituents is 1. The number of amides is 2. The molecule has 8 nitrogen and oxygen atoms in total. The van der Waals surface area contributed by atoms with E-state index in [9.17, 15) is 19.7 Å². The van der Waals surface area contributed by atoms with Crippen LogP contribution in [-0.2, 0) is 9.59 Å². The maximum Gasteiger partial charge on any atom is 0.270 e. The van der Waals surface area contributed by atoms with E-state index in [4.69, 9.17) is 23.8 Å². The minimum absolute atomic E-state index is 0.00889. The van der Waals surface area contributed by atoms with Crippen LogP contribution in [0.25, 0.3) is 11.8 Å². The molecule has 1 saturated heterocycles. The van der Waals surface area contributed by atoms with Crippen LogP contribution < -0.4 is 10.2 Å². The van der Waals surface area contributed by atoms with Crippen LogP contribution in [0.15, 0.2) is 54.1 Å². The summed E-state index contributed by atoms with van der Waals surface area (Å²) in [6, 6.07) is 13.1. The third-order valence-corrected chi connectivity index (χ3v) is 6.36. The topological polar surface area (TPSA) is 97.5 Å². The summed E-state index contributed by atoms with van der Waals surface area (Å²) in [5.41, 5.74) is 4.05. The molecule has 2 heterocycles. The molecule has 3 aromatic rings. The molecule has 0 atom stereocenters. The molecule has 1 aliphatic rings. The van der Waals surface area contributed by atoms with Gasteiger partial charge in [0.25, 0.3) is 17.5 Å². The molecule has 0 aliphatic carbocycles. The molecular weight excluding hydrogens is 476 g/mol. The van der Waals surface area contributed by atoms with E-state index in [0.29, 0.717) is 21.8 Å². The number of hydrogen-bond acceptors (Lipinski definition) is 5. The molecule has 10 heteroatoms. The maximum atomic E-state index is 13.4. The number of aromatic nitrogens is 1. The first-order valence-corrected chi connectivity index (χ1v) is 11.0. The van der Waals surface area contributed by atoms with E-state index >= 15 is 0 Å². The Bertz CT molecular complexity index is 1410. The molecular formula is C24H19ClN4O4S. The lowest BCUT2D eigenvalue weighted by Gasteiger charge is -2.30. The number of carbonyl (C=O) groups excluding carboxylic acids is 2. The Morgan fingerprint density at radius 3 is 2.41 bits per heavy atom. The van der Waals surface area contributed by atoms with Crippen LogP contribution in [-0.4, -0.2) is 26.4 Å². The Balaban J connectivity index is 1.76. The fourth-order valence-corrected chi connectivity index (χ4v) is 4.37. The molecule has 2 aromatic carbocycles. The highest BCUT2D eigenvalue weighted by Gasteiger charge is 2.35. The molecule has 0 bridgehead atoms. The van der Waals surface area contributed by atoms with Crippen molar-refractivity contribution >= 4 is 58.2 Å². The van der Waals surface area contributed by atoms with Gasteiger partial charge in [-0.3, -0.25) is 29.9 Å². The van der Waals surface area contributed by atoms with Crippen molar-refractivity contribution in [2.24, 2.45) is 0 Å². The van der Waals surface area contributed by atoms with Crippen LogP contribution in [0, 0.1) is 30.9 Å². The second kappa shape index (κ2) is 8.85. The summed E-state index contributed by atoms with van der Waals surface area (Å²) in [6.07, 6.45) is 1.52. The zero-order valence-corrected chi connectivity index (χ0v) is 20.0. The van der Waals surface area contributed by atoms with Crippen molar-refractivity contribution in [3.8, 4) is 5.69 Å². The predicted molar refractivity (Wildman–Crippen MR) is 134 cm³/mol. The molecule has 4 rings (SSSR count). The summed E-state index contributed by atoms with van der Waals surface area (Å²) in [5.74, 6) is -1.15. The van der Waals surface area contributed by atoms with Crippen molar-refractivity contribution in [3.63, 3.8) is 0 Å². The van der Waals surface area contributed by atoms with Crippen molar-refractivity contribution < 1.29 is 14.5 Å². The summed E-state index contributed by atoms with van der Waals surface area (Å²) in [5, 5.41) is 14.0. The zero-order valence-electron chi connectivity index (χ0n) is 18.5. The Kier molecular flexibility index (Phi) is 6.07. The van der Waals surface area contributed by atoms with Gasteiger partial charge >= 0.3 is 0 Å². The van der Waals surface area contributed by atoms with E-state index in [0.717, 1.165) is 17.1 Å². The highest BCUT2D eigenvalue weighted by Crippen LogP contribution is 2.30. The van der Waals surface area contributed by atoms with Gasteiger partial charge in [0.1, 0.15) is 5.57 Å². The normalized spacial score (nSPS) is 15.1. The highest BCUT2D eigenvalue weighted by atomic mass is 35.5. The van der Waals surface area contributed by atoms with Gasteiger partial charge in [-0.2, -0.15) is 0 Å². The molecule has 172 valence electrons. The van der Waals surface area contributed by atoms with Gasteiger partial charge in [-0.1, -0.05) is 17.7 Å². The Labute approximate surface area is 205 Å². The van der Waals surface area contributed by atoms with Gasteiger partial charge in [0.15, 0.2) is 5.11 Å². The van der Waals surface area contributed by atoms with Gasteiger partial charge in [-0.15, -0.1) is 0 Å². The van der Waals surface area contributed by atoms with Crippen LogP contribution in [0.2, 0.25) is 5.02 Å². The van der Waals surface area contributed by atoms with Crippen molar-refractivity contribution in [1.82, 2.24) is 9.88 Å². The number of nitrogens with zero attached hydrogens (tertiary/aromatic N) is 3. The third kappa shape index (κ3) is 4.00. The quantitative estimate of drug-likeness (QED) is 0.185. The lowest BCUT2D eigenvalue weighted by Crippen LogP contribution is -2.54. The second-order valence-corrected chi connectivity index (χ2v) is 8.57. The predicted octanol–water partition coefficient (Wildman–Crippen LogP) is 4.80. The summed E-state index contributed by atoms with van der Waals surface area (Å²) in [7, 11) is 0. The maximum absolute atomic E-state index is 13.4. The minimum atomic E-state index is -0.592. The number of non-ortho nitro benzene ring substituents is 1. The van der Waals surface area contributed by atoms with Crippen LogP contribution in [0.4, 0.5) is 11.4 Å². The number of aryl methyl sites for hydroxylation is 1. The van der Waals surface area contributed by atoms with Crippen LogP contribution in [0.3, 0.4) is 0 Å². The number of nitro groups is 1. The van der Waals surface area contributed by atoms with Gasteiger partial charge < -0.3 is 4.57 Å². The van der Waals surface area contributed by atoms with Gasteiger partial charge in [0.05, 0.1) is 10.6 Å². The van der Waals surface area contributed by atoms with Gasteiger partial charge in [0, 0.05) is 34.2 Å². The Hall–Kier alpha value is -3.82. The number of anilines is 1. The van der Waals surface area contributed by atoms with Crippen molar-refractivity contribution in [2.75, 3.05) is 4.90 Å². The monoisotopic (exact) mass is 494 g/mol. The van der Waals surface area contributed by atoms with Gasteiger partial charge in [-0.05, 0) is 80.5 Å². The molecule has 1 aliphatic heterocycles. The molecule has 1 aromatic heterocycles. The van der Waals surface area contributed by atoms with E-state index < -0.39 is 16.7 Å². The van der Waals surface area contributed by atoms with Crippen LogP contribution in [0.5, 0.6) is 0 Å². The number of nitrogens with one attached hydrogen (secondary N) is 1. The van der Waals surface area contributed by atoms with Crippen LogP contribution in [0.1, 0.15) is 22.5 Å². The first kappa shape index (κ1) is 23.3. The number of benzene rings is 2. The number of thiocarbonyl (C=S) groups is 1. The molecule has 1 N–H and O–H groups in total. The second-order valence-electron chi connectivity index (χ2n) is 7.78. The van der Waals surface area contributed by atoms with Crippen molar-refractivity contribution in [1.29, 1.82) is 0 Å². The van der Waals surface area contributed by atoms with Crippen LogP contribution >= 0.6 is 23.8 Å². The largest absolute Gasteiger partial charge is 0.318 e. The average Bonchev–Trinajstić information content (AvgIpc) is 3.06. The molecule has 34 heavy (non-hydrogen) atoms. The SMILES string of the molecule is Cc1c(Cl)cccc1N1C(=O)/C(=C\c2cc(C)n(-c3ccc([N+](=O)[O-])cc3)c2C)C(=O)NC1=S. The van der Waals surface area contributed by atoms with E-state index in [1.54, 1.807) is 37.3 Å². The molecule has 0 radical (unpaired) electrons. The van der Waals surface area contributed by atoms with Gasteiger partial charge in [-0.25, -0.2) is 0 Å². The van der Waals surface area contributed by atoms with E-state index in [1.165, 1.54) is 23.1 Å². The first-order chi connectivity index (χ1) is 16.1.